The lowest BCUT2D eigenvalue weighted by Gasteiger charge is -2.46. The van der Waals surface area contributed by atoms with E-state index in [0.717, 1.165) is 80.9 Å². The molecule has 6 rings (SSSR count). The van der Waals surface area contributed by atoms with Gasteiger partial charge in [-0.2, -0.15) is 0 Å². The van der Waals surface area contributed by atoms with Crippen molar-refractivity contribution in [1.82, 2.24) is 9.80 Å². The Kier molecular flexibility index (Phi) is 10.1. The average molecular weight is 642 g/mol. The molecule has 0 radical (unpaired) electrons. The Morgan fingerprint density at radius 2 is 1.07 bits per heavy atom. The molecule has 2 saturated heterocycles. The van der Waals surface area contributed by atoms with Crippen LogP contribution < -0.4 is 18.9 Å². The molecule has 4 heterocycles. The summed E-state index contributed by atoms with van der Waals surface area (Å²) in [6, 6.07) is 8.31. The van der Waals surface area contributed by atoms with Crippen molar-refractivity contribution in [2.24, 2.45) is 23.7 Å². The normalized spacial score (nSPS) is 28.7. The molecule has 2 aromatic carbocycles. The summed E-state index contributed by atoms with van der Waals surface area (Å²) in [6.45, 7) is 12.7. The molecule has 4 aliphatic heterocycles. The van der Waals surface area contributed by atoms with Gasteiger partial charge in [0, 0.05) is 38.3 Å². The highest BCUT2D eigenvalue weighted by atomic mass is 16.5. The van der Waals surface area contributed by atoms with Crippen LogP contribution in [0.5, 0.6) is 23.0 Å². The topological polar surface area (TPSA) is 83.9 Å². The minimum absolute atomic E-state index is 0.0991. The lowest BCUT2D eigenvalue weighted by Crippen LogP contribution is -2.48. The number of aliphatic hydroxyl groups excluding tert-OH is 2. The number of fused-ring (bicyclic) bond motifs is 6. The molecule has 2 N–H and O–H groups in total. The molecular formula is C38H58N2O6. The van der Waals surface area contributed by atoms with Gasteiger partial charge in [-0.15, -0.1) is 0 Å². The van der Waals surface area contributed by atoms with Gasteiger partial charge in [-0.3, -0.25) is 9.80 Å². The van der Waals surface area contributed by atoms with E-state index in [4.69, 9.17) is 23.1 Å². The van der Waals surface area contributed by atoms with Crippen LogP contribution in [-0.4, -0.2) is 86.8 Å². The molecule has 2 fully saturated rings. The molecule has 0 saturated carbocycles. The molecule has 0 amide bonds. The summed E-state index contributed by atoms with van der Waals surface area (Å²) in [5.74, 6) is 4.16. The number of hydrogen-bond acceptors (Lipinski definition) is 8. The maximum absolute atomic E-state index is 10.7. The van der Waals surface area contributed by atoms with E-state index in [9.17, 15) is 10.2 Å². The third kappa shape index (κ3) is 7.46. The van der Waals surface area contributed by atoms with Crippen molar-refractivity contribution < 1.29 is 33.3 Å². The van der Waals surface area contributed by atoms with E-state index < -0.39 is 7.04 Å². The summed E-state index contributed by atoms with van der Waals surface area (Å²) >= 11 is 0. The predicted octanol–water partition coefficient (Wildman–Crippen LogP) is 6.06. The number of piperidine rings is 2. The van der Waals surface area contributed by atoms with Crippen molar-refractivity contribution >= 4 is 0 Å². The van der Waals surface area contributed by atoms with Crippen LogP contribution in [0.4, 0.5) is 0 Å². The first-order valence-electron chi connectivity index (χ1n) is 18.7. The van der Waals surface area contributed by atoms with Crippen molar-refractivity contribution in [3.05, 3.63) is 46.5 Å². The third-order valence-electron chi connectivity index (χ3n) is 10.6. The number of nitrogens with zero attached hydrogens (tertiary/aromatic N) is 2. The second-order valence-electron chi connectivity index (χ2n) is 14.6. The largest absolute Gasteiger partial charge is 0.493 e. The Hall–Kier alpha value is -2.52. The zero-order chi connectivity index (χ0) is 35.6. The molecule has 6 atom stereocenters. The smallest absolute Gasteiger partial charge is 0.161 e. The van der Waals surface area contributed by atoms with E-state index in [-0.39, 0.29) is 24.0 Å². The van der Waals surface area contributed by atoms with E-state index in [1.54, 1.807) is 20.3 Å². The first-order chi connectivity index (χ1) is 23.2. The number of ether oxygens (including phenoxy) is 4. The maximum Gasteiger partial charge on any atom is 0.161 e. The lowest BCUT2D eigenvalue weighted by atomic mass is 9.79. The Bertz CT molecular complexity index is 1420. The van der Waals surface area contributed by atoms with E-state index in [1.165, 1.54) is 18.2 Å². The van der Waals surface area contributed by atoms with E-state index in [0.29, 0.717) is 41.9 Å². The summed E-state index contributed by atoms with van der Waals surface area (Å²) in [6.07, 6.45) is 4.99. The van der Waals surface area contributed by atoms with Gasteiger partial charge < -0.3 is 29.2 Å². The fraction of sp³-hybridized carbons (Fsp3) is 0.684. The minimum Gasteiger partial charge on any atom is -0.493 e. The van der Waals surface area contributed by atoms with Gasteiger partial charge in [0.15, 0.2) is 23.0 Å². The van der Waals surface area contributed by atoms with E-state index >= 15 is 0 Å². The highest BCUT2D eigenvalue weighted by Crippen LogP contribution is 2.45. The van der Waals surface area contributed by atoms with Crippen molar-refractivity contribution in [3.63, 3.8) is 0 Å². The Morgan fingerprint density at radius 3 is 1.43 bits per heavy atom. The number of rotatable bonds is 8. The van der Waals surface area contributed by atoms with Crippen LogP contribution in [0.2, 0.25) is 0 Å². The van der Waals surface area contributed by atoms with E-state index in [1.807, 2.05) is 6.07 Å². The van der Waals surface area contributed by atoms with Crippen LogP contribution in [0.25, 0.3) is 0 Å². The molecule has 0 aliphatic carbocycles. The lowest BCUT2D eigenvalue weighted by molar-refractivity contribution is -0.0192. The van der Waals surface area contributed by atoms with Crippen molar-refractivity contribution in [1.29, 1.82) is 0 Å². The molecule has 46 heavy (non-hydrogen) atoms. The molecular weight excluding hydrogens is 580 g/mol. The molecule has 8 heteroatoms. The van der Waals surface area contributed by atoms with Crippen molar-refractivity contribution in [3.8, 4) is 23.0 Å². The maximum atomic E-state index is 10.7. The first-order valence-corrected chi connectivity index (χ1v) is 17.2. The van der Waals surface area contributed by atoms with Gasteiger partial charge in [0.25, 0.3) is 0 Å². The summed E-state index contributed by atoms with van der Waals surface area (Å²) < 4.78 is 43.6. The second kappa shape index (κ2) is 15.1. The molecule has 8 nitrogen and oxygen atoms in total. The third-order valence-corrected chi connectivity index (χ3v) is 10.6. The number of methoxy groups -OCH3 is 4. The standard InChI is InChI=1S/2C19H29NO3/c2*1-12(2)7-14-11-20-6-5-13-8-18(22-3)19(23-4)9-15(13)16(20)10-17(14)21/h2*8-9,12,14,16-17,21H,5-7,10-11H2,1-4H3/i4D3;. The minimum atomic E-state index is -2.52. The molecule has 0 spiro atoms. The highest BCUT2D eigenvalue weighted by Gasteiger charge is 2.40. The van der Waals surface area contributed by atoms with Gasteiger partial charge in [0.1, 0.15) is 0 Å². The van der Waals surface area contributed by atoms with Crippen LogP contribution in [0.1, 0.15) is 91.8 Å². The number of benzene rings is 2. The first kappa shape index (κ1) is 30.8. The number of aliphatic hydroxyl groups is 2. The Labute approximate surface area is 281 Å². The Morgan fingerprint density at radius 1 is 0.674 bits per heavy atom. The Balaban J connectivity index is 0.000000192. The molecule has 4 aliphatic rings. The number of hydrogen-bond donors (Lipinski definition) is 2. The SMILES string of the molecule is COc1cc2c(cc1OC)C1CC(O)C(CC(C)C)CN1CC2.[2H]C([2H])([2H])Oc1cc2c(cc1OC)CCN1CC(CC(C)C)C(O)CC21. The van der Waals surface area contributed by atoms with Crippen LogP contribution in [-0.2, 0) is 12.8 Å². The van der Waals surface area contributed by atoms with Gasteiger partial charge in [-0.1, -0.05) is 27.7 Å². The monoisotopic (exact) mass is 641 g/mol. The van der Waals surface area contributed by atoms with Gasteiger partial charge in [-0.25, -0.2) is 0 Å². The van der Waals surface area contributed by atoms with Gasteiger partial charge >= 0.3 is 0 Å². The molecule has 6 unspecified atom stereocenters. The average Bonchev–Trinajstić information content (AvgIpc) is 3.03. The molecule has 2 aromatic rings. The van der Waals surface area contributed by atoms with Crippen molar-refractivity contribution in [2.75, 3.05) is 54.5 Å². The fourth-order valence-corrected chi connectivity index (χ4v) is 8.43. The highest BCUT2D eigenvalue weighted by molar-refractivity contribution is 5.50. The van der Waals surface area contributed by atoms with Crippen LogP contribution in [0.15, 0.2) is 24.3 Å². The zero-order valence-corrected chi connectivity index (χ0v) is 28.9. The van der Waals surface area contributed by atoms with E-state index in [2.05, 4.69) is 49.6 Å². The fourth-order valence-electron chi connectivity index (χ4n) is 8.43. The van der Waals surface area contributed by atoms with Crippen LogP contribution >= 0.6 is 0 Å². The molecule has 0 aromatic heterocycles. The molecule has 256 valence electrons. The van der Waals surface area contributed by atoms with Gasteiger partial charge in [0.2, 0.25) is 0 Å². The van der Waals surface area contributed by atoms with Gasteiger partial charge in [0.05, 0.1) is 44.7 Å². The van der Waals surface area contributed by atoms with Crippen LogP contribution in [0.3, 0.4) is 0 Å². The van der Waals surface area contributed by atoms with Gasteiger partial charge in [-0.05, 0) is 109 Å². The second-order valence-corrected chi connectivity index (χ2v) is 14.6. The summed E-state index contributed by atoms with van der Waals surface area (Å²) in [5.41, 5.74) is 4.84. The quantitative estimate of drug-likeness (QED) is 0.360. The van der Waals surface area contributed by atoms with Crippen molar-refractivity contribution in [2.45, 2.75) is 90.5 Å². The zero-order valence-electron chi connectivity index (χ0n) is 31.9. The van der Waals surface area contributed by atoms with Crippen LogP contribution in [0, 0.1) is 23.7 Å². The predicted molar refractivity (Wildman–Crippen MR) is 182 cm³/mol. The molecule has 0 bridgehead atoms. The summed E-state index contributed by atoms with van der Waals surface area (Å²) in [5, 5.41) is 21.3. The summed E-state index contributed by atoms with van der Waals surface area (Å²) in [4.78, 5) is 4.97. The summed E-state index contributed by atoms with van der Waals surface area (Å²) in [7, 11) is 2.36.